The van der Waals surface area contributed by atoms with Crippen molar-refractivity contribution in [1.29, 1.82) is 0 Å². The normalized spacial score (nSPS) is 22.3. The Balaban J connectivity index is 2.10. The number of hydrogen-bond acceptors (Lipinski definition) is 4. The second-order valence-electron chi connectivity index (χ2n) is 4.57. The molecule has 1 atom stereocenters. The lowest BCUT2D eigenvalue weighted by Gasteiger charge is -2.33. The van der Waals surface area contributed by atoms with Crippen molar-refractivity contribution in [2.45, 2.75) is 6.04 Å². The molecule has 0 bridgehead atoms. The number of carbonyl (C=O) groups is 1. The van der Waals surface area contributed by atoms with E-state index in [4.69, 9.17) is 16.3 Å². The van der Waals surface area contributed by atoms with Crippen LogP contribution in [0.5, 0.6) is 11.5 Å². The highest BCUT2D eigenvalue weighted by atomic mass is 79.9. The molecule has 1 saturated heterocycles. The third-order valence-electron chi connectivity index (χ3n) is 3.40. The van der Waals surface area contributed by atoms with E-state index >= 15 is 0 Å². The second-order valence-corrected chi connectivity index (χ2v) is 5.74. The Morgan fingerprint density at radius 2 is 2.37 bits per heavy atom. The molecule has 102 valence electrons. The highest BCUT2D eigenvalue weighted by molar-refractivity contribution is 9.10. The minimum Gasteiger partial charge on any atom is -0.507 e. The quantitative estimate of drug-likeness (QED) is 0.748. The van der Waals surface area contributed by atoms with Crippen molar-refractivity contribution < 1.29 is 14.6 Å². The van der Waals surface area contributed by atoms with E-state index in [1.165, 1.54) is 6.07 Å². The fourth-order valence-electron chi connectivity index (χ4n) is 2.41. The largest absolute Gasteiger partial charge is 0.507 e. The van der Waals surface area contributed by atoms with Crippen LogP contribution in [-0.4, -0.2) is 48.2 Å². The van der Waals surface area contributed by atoms with Crippen molar-refractivity contribution in [3.63, 3.8) is 0 Å². The number of amides is 1. The van der Waals surface area contributed by atoms with Gasteiger partial charge in [0.05, 0.1) is 16.1 Å². The number of carbonyl (C=O) groups excluding carboxylic acids is 1. The first-order valence-corrected chi connectivity index (χ1v) is 7.12. The Bertz CT molecular complexity index is 552. The molecule has 2 aliphatic rings. The number of rotatable bonds is 0. The first-order valence-electron chi connectivity index (χ1n) is 5.95. The van der Waals surface area contributed by atoms with Gasteiger partial charge in [0.25, 0.3) is 5.91 Å². The SMILES string of the molecule is O=C1c2cc(O)c(Br)c(Cl)c2OC[C@H]2CNCCN12. The van der Waals surface area contributed by atoms with Gasteiger partial charge in [-0.2, -0.15) is 0 Å². The summed E-state index contributed by atoms with van der Waals surface area (Å²) in [6, 6.07) is 1.39. The Morgan fingerprint density at radius 1 is 1.58 bits per heavy atom. The molecule has 1 aromatic carbocycles. The van der Waals surface area contributed by atoms with Crippen molar-refractivity contribution in [3.05, 3.63) is 21.1 Å². The van der Waals surface area contributed by atoms with Crippen molar-refractivity contribution in [1.82, 2.24) is 10.2 Å². The van der Waals surface area contributed by atoms with Gasteiger partial charge in [-0.3, -0.25) is 4.79 Å². The van der Waals surface area contributed by atoms with E-state index in [0.717, 1.165) is 6.54 Å². The Kier molecular flexibility index (Phi) is 3.32. The van der Waals surface area contributed by atoms with Gasteiger partial charge in [-0.1, -0.05) is 11.6 Å². The molecule has 0 saturated carbocycles. The van der Waals surface area contributed by atoms with Crippen molar-refractivity contribution in [3.8, 4) is 11.5 Å². The molecule has 0 aliphatic carbocycles. The van der Waals surface area contributed by atoms with E-state index in [0.29, 0.717) is 35.5 Å². The zero-order chi connectivity index (χ0) is 13.6. The molecule has 5 nitrogen and oxygen atoms in total. The number of phenolic OH excluding ortho intramolecular Hbond substituents is 1. The number of piperazine rings is 1. The molecule has 3 rings (SSSR count). The maximum Gasteiger partial charge on any atom is 0.258 e. The molecular formula is C12H12BrClN2O3. The monoisotopic (exact) mass is 346 g/mol. The summed E-state index contributed by atoms with van der Waals surface area (Å²) >= 11 is 9.31. The highest BCUT2D eigenvalue weighted by Gasteiger charge is 2.34. The molecule has 0 unspecified atom stereocenters. The number of aromatic hydroxyl groups is 1. The fourth-order valence-corrected chi connectivity index (χ4v) is 2.96. The molecule has 1 aromatic rings. The van der Waals surface area contributed by atoms with Crippen LogP contribution in [0.15, 0.2) is 10.5 Å². The number of benzene rings is 1. The van der Waals surface area contributed by atoms with E-state index in [9.17, 15) is 9.90 Å². The molecule has 2 aliphatic heterocycles. The molecule has 7 heteroatoms. The molecule has 1 amide bonds. The van der Waals surface area contributed by atoms with Gasteiger partial charge in [0.1, 0.15) is 17.4 Å². The van der Waals surface area contributed by atoms with Gasteiger partial charge in [0.15, 0.2) is 5.75 Å². The van der Waals surface area contributed by atoms with E-state index in [2.05, 4.69) is 21.2 Å². The third-order valence-corrected chi connectivity index (χ3v) is 4.80. The van der Waals surface area contributed by atoms with E-state index in [1.807, 2.05) is 0 Å². The summed E-state index contributed by atoms with van der Waals surface area (Å²) in [5.74, 6) is 0.128. The summed E-state index contributed by atoms with van der Waals surface area (Å²) in [5, 5.41) is 13.3. The number of ether oxygens (including phenoxy) is 1. The lowest BCUT2D eigenvalue weighted by molar-refractivity contribution is 0.0606. The molecule has 2 N–H and O–H groups in total. The van der Waals surface area contributed by atoms with Crippen LogP contribution < -0.4 is 10.1 Å². The third kappa shape index (κ3) is 2.07. The van der Waals surface area contributed by atoms with Crippen molar-refractivity contribution >= 4 is 33.4 Å². The molecule has 0 radical (unpaired) electrons. The average Bonchev–Trinajstić information content (AvgIpc) is 2.55. The topological polar surface area (TPSA) is 61.8 Å². The van der Waals surface area contributed by atoms with E-state index in [1.54, 1.807) is 4.90 Å². The number of hydrogen-bond donors (Lipinski definition) is 2. The summed E-state index contributed by atoms with van der Waals surface area (Å²) in [6.45, 7) is 2.47. The number of nitrogens with zero attached hydrogens (tertiary/aromatic N) is 1. The van der Waals surface area contributed by atoms with Crippen LogP contribution in [-0.2, 0) is 0 Å². The number of fused-ring (bicyclic) bond motifs is 2. The minimum atomic E-state index is -0.149. The van der Waals surface area contributed by atoms with Gasteiger partial charge in [-0.25, -0.2) is 0 Å². The van der Waals surface area contributed by atoms with Gasteiger partial charge in [-0.15, -0.1) is 0 Å². The van der Waals surface area contributed by atoms with Crippen LogP contribution in [0.2, 0.25) is 5.02 Å². The van der Waals surface area contributed by atoms with Crippen LogP contribution in [0.4, 0.5) is 0 Å². The Labute approximate surface area is 123 Å². The maximum atomic E-state index is 12.5. The van der Waals surface area contributed by atoms with E-state index in [-0.39, 0.29) is 22.7 Å². The molecule has 1 fully saturated rings. The van der Waals surface area contributed by atoms with Gasteiger partial charge in [-0.05, 0) is 22.0 Å². The fraction of sp³-hybridized carbons (Fsp3) is 0.417. The average molecular weight is 348 g/mol. The number of nitrogens with one attached hydrogen (secondary N) is 1. The molecule has 0 spiro atoms. The molecular weight excluding hydrogens is 336 g/mol. The van der Waals surface area contributed by atoms with Crippen LogP contribution in [0, 0.1) is 0 Å². The molecule has 0 aromatic heterocycles. The van der Waals surface area contributed by atoms with Gasteiger partial charge in [0, 0.05) is 19.6 Å². The van der Waals surface area contributed by atoms with Crippen molar-refractivity contribution in [2.24, 2.45) is 0 Å². The maximum absolute atomic E-state index is 12.5. The summed E-state index contributed by atoms with van der Waals surface area (Å²) in [7, 11) is 0. The van der Waals surface area contributed by atoms with Gasteiger partial charge < -0.3 is 20.1 Å². The Hall–Kier alpha value is -0.980. The zero-order valence-corrected chi connectivity index (χ0v) is 12.3. The first kappa shape index (κ1) is 13.0. The lowest BCUT2D eigenvalue weighted by Crippen LogP contribution is -2.54. The Morgan fingerprint density at radius 3 is 3.16 bits per heavy atom. The minimum absolute atomic E-state index is 0.00867. The first-order chi connectivity index (χ1) is 9.09. The second kappa shape index (κ2) is 4.85. The smallest absolute Gasteiger partial charge is 0.258 e. The molecule has 2 heterocycles. The van der Waals surface area contributed by atoms with Gasteiger partial charge >= 0.3 is 0 Å². The summed E-state index contributed by atoms with van der Waals surface area (Å²) in [5.41, 5.74) is 0.315. The van der Waals surface area contributed by atoms with Crippen LogP contribution in [0.1, 0.15) is 10.4 Å². The van der Waals surface area contributed by atoms with Crippen LogP contribution in [0.3, 0.4) is 0 Å². The molecule has 19 heavy (non-hydrogen) atoms. The predicted molar refractivity (Wildman–Crippen MR) is 74.0 cm³/mol. The van der Waals surface area contributed by atoms with Gasteiger partial charge in [0.2, 0.25) is 0 Å². The summed E-state index contributed by atoms with van der Waals surface area (Å²) in [4.78, 5) is 14.3. The summed E-state index contributed by atoms with van der Waals surface area (Å²) < 4.78 is 6.03. The highest BCUT2D eigenvalue weighted by Crippen LogP contribution is 2.43. The number of phenols is 1. The number of halogens is 2. The van der Waals surface area contributed by atoms with E-state index < -0.39 is 0 Å². The van der Waals surface area contributed by atoms with Crippen molar-refractivity contribution in [2.75, 3.05) is 26.2 Å². The predicted octanol–water partition coefficient (Wildman–Crippen LogP) is 1.61. The zero-order valence-electron chi connectivity index (χ0n) is 9.95. The van der Waals surface area contributed by atoms with Crippen LogP contribution in [0.25, 0.3) is 0 Å². The standard InChI is InChI=1S/C12H12BrClN2O3/c13-9-8(17)3-7-11(10(9)14)19-5-6-4-15-1-2-16(6)12(7)18/h3,6,15,17H,1-2,4-5H2/t6-/m1/s1. The summed E-state index contributed by atoms with van der Waals surface area (Å²) in [6.07, 6.45) is 0. The lowest BCUT2D eigenvalue weighted by atomic mass is 10.1. The van der Waals surface area contributed by atoms with Crippen LogP contribution >= 0.6 is 27.5 Å².